The molecule has 17 heavy (non-hydrogen) atoms. The van der Waals surface area contributed by atoms with Crippen molar-refractivity contribution in [2.45, 2.75) is 77.0 Å². The van der Waals surface area contributed by atoms with Gasteiger partial charge >= 0.3 is 0 Å². The van der Waals surface area contributed by atoms with Gasteiger partial charge in [0.25, 0.3) is 0 Å². The first kappa shape index (κ1) is 14.9. The minimum atomic E-state index is -0.765. The summed E-state index contributed by atoms with van der Waals surface area (Å²) in [6.07, 6.45) is 6.44. The van der Waals surface area contributed by atoms with Crippen molar-refractivity contribution in [1.29, 1.82) is 0 Å². The van der Waals surface area contributed by atoms with Crippen LogP contribution in [-0.4, -0.2) is 28.5 Å². The van der Waals surface area contributed by atoms with Crippen molar-refractivity contribution in [2.75, 3.05) is 0 Å². The number of aliphatic hydroxyl groups is 2. The lowest BCUT2D eigenvalue weighted by Gasteiger charge is -2.29. The van der Waals surface area contributed by atoms with Gasteiger partial charge in [-0.15, -0.1) is 0 Å². The second kappa shape index (κ2) is 7.34. The molecule has 0 aliphatic heterocycles. The summed E-state index contributed by atoms with van der Waals surface area (Å²) in [4.78, 5) is 0. The average Bonchev–Trinajstić information content (AvgIpc) is 2.28. The van der Waals surface area contributed by atoms with Gasteiger partial charge in [-0.1, -0.05) is 46.0 Å². The first-order valence-electron chi connectivity index (χ1n) is 7.12. The van der Waals surface area contributed by atoms with Gasteiger partial charge < -0.3 is 15.9 Å². The van der Waals surface area contributed by atoms with E-state index in [2.05, 4.69) is 0 Å². The molecule has 3 heteroatoms. The van der Waals surface area contributed by atoms with Crippen molar-refractivity contribution in [3.05, 3.63) is 0 Å². The van der Waals surface area contributed by atoms with Gasteiger partial charge in [-0.3, -0.25) is 0 Å². The van der Waals surface area contributed by atoms with Crippen LogP contribution in [0.4, 0.5) is 0 Å². The fourth-order valence-electron chi connectivity index (χ4n) is 2.85. The van der Waals surface area contributed by atoms with E-state index in [1.807, 2.05) is 13.8 Å². The molecular weight excluding hydrogens is 214 g/mol. The highest BCUT2D eigenvalue weighted by atomic mass is 16.3. The number of rotatable bonds is 6. The molecule has 1 saturated carbocycles. The molecule has 1 rings (SSSR count). The maximum absolute atomic E-state index is 9.99. The fraction of sp³-hybridized carbons (Fsp3) is 1.00. The quantitative estimate of drug-likeness (QED) is 0.669. The van der Waals surface area contributed by atoms with Gasteiger partial charge in [0.1, 0.15) is 0 Å². The number of aliphatic hydroxyl groups excluding tert-OH is 2. The van der Waals surface area contributed by atoms with Gasteiger partial charge in [0, 0.05) is 6.04 Å². The first-order chi connectivity index (χ1) is 8.00. The van der Waals surface area contributed by atoms with E-state index in [4.69, 9.17) is 5.73 Å². The Kier molecular flexibility index (Phi) is 6.45. The van der Waals surface area contributed by atoms with Crippen LogP contribution < -0.4 is 5.73 Å². The zero-order valence-corrected chi connectivity index (χ0v) is 11.3. The summed E-state index contributed by atoms with van der Waals surface area (Å²) >= 11 is 0. The number of nitrogens with two attached hydrogens (primary N) is 1. The Hall–Kier alpha value is -0.120. The Labute approximate surface area is 105 Å². The molecular formula is C14H29NO2. The smallest absolute Gasteiger partial charge is 0.0949 e. The average molecular weight is 243 g/mol. The van der Waals surface area contributed by atoms with Crippen LogP contribution in [0.1, 0.15) is 58.8 Å². The highest BCUT2D eigenvalue weighted by Gasteiger charge is 2.26. The fourth-order valence-corrected chi connectivity index (χ4v) is 2.85. The lowest BCUT2D eigenvalue weighted by Crippen LogP contribution is -2.44. The van der Waals surface area contributed by atoms with Crippen molar-refractivity contribution in [2.24, 2.45) is 17.6 Å². The summed E-state index contributed by atoms with van der Waals surface area (Å²) in [6, 6.07) is -0.271. The van der Waals surface area contributed by atoms with Crippen LogP contribution in [0.5, 0.6) is 0 Å². The Balaban J connectivity index is 2.31. The van der Waals surface area contributed by atoms with Gasteiger partial charge in [-0.2, -0.15) is 0 Å². The van der Waals surface area contributed by atoms with E-state index in [1.54, 1.807) is 0 Å². The molecule has 0 radical (unpaired) electrons. The predicted molar refractivity (Wildman–Crippen MR) is 70.6 cm³/mol. The molecule has 0 saturated heterocycles. The van der Waals surface area contributed by atoms with Crippen LogP contribution in [0.3, 0.4) is 0 Å². The third-order valence-electron chi connectivity index (χ3n) is 3.88. The van der Waals surface area contributed by atoms with E-state index >= 15 is 0 Å². The first-order valence-corrected chi connectivity index (χ1v) is 7.12. The predicted octanol–water partition coefficient (Wildman–Crippen LogP) is 2.05. The second-order valence-electron chi connectivity index (χ2n) is 6.09. The Bertz CT molecular complexity index is 202. The molecule has 1 aliphatic rings. The maximum Gasteiger partial charge on any atom is 0.0949 e. The summed E-state index contributed by atoms with van der Waals surface area (Å²) in [5.41, 5.74) is 6.01. The van der Waals surface area contributed by atoms with Crippen LogP contribution in [0.25, 0.3) is 0 Å². The van der Waals surface area contributed by atoms with E-state index in [-0.39, 0.29) is 6.04 Å². The van der Waals surface area contributed by atoms with E-state index in [0.29, 0.717) is 18.3 Å². The Morgan fingerprint density at radius 1 is 1.12 bits per heavy atom. The van der Waals surface area contributed by atoms with Crippen LogP contribution in [0.15, 0.2) is 0 Å². The summed E-state index contributed by atoms with van der Waals surface area (Å²) in [6.45, 7) is 4.09. The van der Waals surface area contributed by atoms with Crippen molar-refractivity contribution in [3.63, 3.8) is 0 Å². The molecule has 1 unspecified atom stereocenters. The summed E-state index contributed by atoms with van der Waals surface area (Å²) < 4.78 is 0. The summed E-state index contributed by atoms with van der Waals surface area (Å²) in [5, 5.41) is 19.8. The minimum absolute atomic E-state index is 0.271. The summed E-state index contributed by atoms with van der Waals surface area (Å²) in [7, 11) is 0. The molecule has 0 heterocycles. The molecule has 1 fully saturated rings. The molecule has 1 aliphatic carbocycles. The highest BCUT2D eigenvalue weighted by molar-refractivity contribution is 4.82. The molecule has 0 aromatic carbocycles. The van der Waals surface area contributed by atoms with Gasteiger partial charge in [0.15, 0.2) is 0 Å². The van der Waals surface area contributed by atoms with Crippen molar-refractivity contribution in [3.8, 4) is 0 Å². The molecule has 0 aromatic heterocycles. The SMILES string of the molecule is CC(C)CC(O)[C@@H](O)[C@@H](N)CC1CCCCC1. The zero-order valence-electron chi connectivity index (χ0n) is 11.3. The van der Waals surface area contributed by atoms with Gasteiger partial charge in [-0.25, -0.2) is 0 Å². The topological polar surface area (TPSA) is 66.5 Å². The molecule has 0 bridgehead atoms. The van der Waals surface area contributed by atoms with Crippen molar-refractivity contribution < 1.29 is 10.2 Å². The lowest BCUT2D eigenvalue weighted by molar-refractivity contribution is -0.0117. The van der Waals surface area contributed by atoms with Gasteiger partial charge in [0.2, 0.25) is 0 Å². The van der Waals surface area contributed by atoms with Crippen molar-refractivity contribution >= 4 is 0 Å². The van der Waals surface area contributed by atoms with E-state index in [9.17, 15) is 10.2 Å². The van der Waals surface area contributed by atoms with E-state index in [1.165, 1.54) is 32.1 Å². The molecule has 4 N–H and O–H groups in total. The zero-order chi connectivity index (χ0) is 12.8. The minimum Gasteiger partial charge on any atom is -0.390 e. The molecule has 0 spiro atoms. The summed E-state index contributed by atoms with van der Waals surface area (Å²) in [5.74, 6) is 1.04. The second-order valence-corrected chi connectivity index (χ2v) is 6.09. The maximum atomic E-state index is 9.99. The van der Waals surface area contributed by atoms with Crippen LogP contribution in [0.2, 0.25) is 0 Å². The van der Waals surface area contributed by atoms with Gasteiger partial charge in [-0.05, 0) is 24.7 Å². The van der Waals surface area contributed by atoms with Crippen LogP contribution >= 0.6 is 0 Å². The van der Waals surface area contributed by atoms with Gasteiger partial charge in [0.05, 0.1) is 12.2 Å². The molecule has 3 nitrogen and oxygen atoms in total. The molecule has 0 aromatic rings. The largest absolute Gasteiger partial charge is 0.390 e. The molecule has 0 amide bonds. The van der Waals surface area contributed by atoms with Crippen molar-refractivity contribution in [1.82, 2.24) is 0 Å². The molecule has 3 atom stereocenters. The normalized spacial score (nSPS) is 23.6. The monoisotopic (exact) mass is 243 g/mol. The number of hydrogen-bond donors (Lipinski definition) is 3. The Morgan fingerprint density at radius 2 is 1.71 bits per heavy atom. The molecule has 102 valence electrons. The third kappa shape index (κ3) is 5.36. The van der Waals surface area contributed by atoms with Crippen LogP contribution in [-0.2, 0) is 0 Å². The van der Waals surface area contributed by atoms with Crippen LogP contribution in [0, 0.1) is 11.8 Å². The highest BCUT2D eigenvalue weighted by Crippen LogP contribution is 2.28. The standard InChI is InChI=1S/C14H29NO2/c1-10(2)8-13(16)14(17)12(15)9-11-6-4-3-5-7-11/h10-14,16-17H,3-9,15H2,1-2H3/t12-,13?,14-/m0/s1. The lowest BCUT2D eigenvalue weighted by atomic mass is 9.83. The number of hydrogen-bond acceptors (Lipinski definition) is 3. The van der Waals surface area contributed by atoms with E-state index < -0.39 is 12.2 Å². The van der Waals surface area contributed by atoms with E-state index in [0.717, 1.165) is 6.42 Å². The third-order valence-corrected chi connectivity index (χ3v) is 3.88. The Morgan fingerprint density at radius 3 is 2.24 bits per heavy atom.